The molecule has 2 aromatic carbocycles. The zero-order chi connectivity index (χ0) is 24.2. The number of ether oxygens (including phenoxy) is 1. The smallest absolute Gasteiger partial charge is 0.404 e. The summed E-state index contributed by atoms with van der Waals surface area (Å²) in [7, 11) is 0. The SMILES string of the molecule is O=C(CCl)Nc1cc(C(=O)Nc2ccc(-c3cc(F)cc(F)c3)nc2)ccc1OC(F)(F)F. The molecule has 6 nitrogen and oxygen atoms in total. The fraction of sp³-hybridized carbons (Fsp3) is 0.0952. The highest BCUT2D eigenvalue weighted by molar-refractivity contribution is 6.29. The lowest BCUT2D eigenvalue weighted by Gasteiger charge is -2.15. The standard InChI is InChI=1S/C21H13ClF5N3O3/c22-9-19(31)30-17-7-11(1-4-18(17)33-21(25,26)27)20(32)29-15-2-3-16(28-10-15)12-5-13(23)8-14(24)6-12/h1-8,10H,9H2,(H,29,32)(H,30,31). The maximum Gasteiger partial charge on any atom is 0.573 e. The van der Waals surface area contributed by atoms with Crippen LogP contribution in [-0.2, 0) is 4.79 Å². The van der Waals surface area contributed by atoms with Gasteiger partial charge in [-0.05, 0) is 42.5 Å². The summed E-state index contributed by atoms with van der Waals surface area (Å²) in [5, 5.41) is 4.60. The van der Waals surface area contributed by atoms with E-state index in [9.17, 15) is 31.5 Å². The first kappa shape index (κ1) is 23.9. The number of anilines is 2. The summed E-state index contributed by atoms with van der Waals surface area (Å²) in [4.78, 5) is 28.1. The third-order valence-electron chi connectivity index (χ3n) is 4.04. The molecule has 0 bridgehead atoms. The number of pyridine rings is 1. The minimum atomic E-state index is -5.03. The van der Waals surface area contributed by atoms with E-state index in [0.29, 0.717) is 6.07 Å². The molecule has 1 aromatic heterocycles. The first-order chi connectivity index (χ1) is 15.5. The number of aromatic nitrogens is 1. The number of halogens is 6. The van der Waals surface area contributed by atoms with E-state index < -0.39 is 47.1 Å². The summed E-state index contributed by atoms with van der Waals surface area (Å²) in [6.07, 6.45) is -3.80. The zero-order valence-electron chi connectivity index (χ0n) is 16.3. The summed E-state index contributed by atoms with van der Waals surface area (Å²) < 4.78 is 68.4. The van der Waals surface area contributed by atoms with Crippen molar-refractivity contribution in [2.75, 3.05) is 16.5 Å². The van der Waals surface area contributed by atoms with Crippen molar-refractivity contribution in [2.45, 2.75) is 6.36 Å². The van der Waals surface area contributed by atoms with E-state index in [1.807, 2.05) is 0 Å². The molecule has 172 valence electrons. The van der Waals surface area contributed by atoms with Crippen LogP contribution in [0, 0.1) is 11.6 Å². The number of alkyl halides is 4. The second-order valence-corrected chi connectivity index (χ2v) is 6.75. The summed E-state index contributed by atoms with van der Waals surface area (Å²) in [6, 6.07) is 8.63. The van der Waals surface area contributed by atoms with Crippen LogP contribution in [0.4, 0.5) is 33.3 Å². The Morgan fingerprint density at radius 1 is 0.970 bits per heavy atom. The summed E-state index contributed by atoms with van der Waals surface area (Å²) in [5.41, 5.74) is 0.108. The first-order valence-corrected chi connectivity index (χ1v) is 9.57. The fourth-order valence-electron chi connectivity index (χ4n) is 2.71. The van der Waals surface area contributed by atoms with Gasteiger partial charge in [-0.25, -0.2) is 8.78 Å². The molecule has 0 atom stereocenters. The largest absolute Gasteiger partial charge is 0.573 e. The van der Waals surface area contributed by atoms with Crippen molar-refractivity contribution in [3.8, 4) is 17.0 Å². The normalized spacial score (nSPS) is 11.1. The van der Waals surface area contributed by atoms with Crippen LogP contribution in [0.25, 0.3) is 11.3 Å². The molecule has 2 amide bonds. The van der Waals surface area contributed by atoms with Crippen LogP contribution in [0.15, 0.2) is 54.7 Å². The Hall–Kier alpha value is -3.73. The Balaban J connectivity index is 1.80. The monoisotopic (exact) mass is 485 g/mol. The van der Waals surface area contributed by atoms with Crippen molar-refractivity contribution in [2.24, 2.45) is 0 Å². The van der Waals surface area contributed by atoms with Crippen LogP contribution in [-0.4, -0.2) is 29.0 Å². The maximum atomic E-state index is 13.4. The van der Waals surface area contributed by atoms with Gasteiger partial charge in [0.2, 0.25) is 5.91 Å². The van der Waals surface area contributed by atoms with Crippen LogP contribution in [0.1, 0.15) is 10.4 Å². The van der Waals surface area contributed by atoms with E-state index in [4.69, 9.17) is 11.6 Å². The van der Waals surface area contributed by atoms with Crippen molar-refractivity contribution in [1.82, 2.24) is 4.98 Å². The molecule has 2 N–H and O–H groups in total. The van der Waals surface area contributed by atoms with Crippen LogP contribution in [0.3, 0.4) is 0 Å². The number of carbonyl (C=O) groups is 2. The van der Waals surface area contributed by atoms with Gasteiger partial charge in [0, 0.05) is 17.2 Å². The molecule has 0 spiro atoms. The molecule has 3 aromatic rings. The summed E-state index contributed by atoms with van der Waals surface area (Å²) in [6.45, 7) is 0. The van der Waals surface area contributed by atoms with Gasteiger partial charge in [-0.1, -0.05) is 0 Å². The number of rotatable bonds is 6. The Kier molecular flexibility index (Phi) is 7.12. The zero-order valence-corrected chi connectivity index (χ0v) is 17.1. The van der Waals surface area contributed by atoms with E-state index in [2.05, 4.69) is 20.4 Å². The Morgan fingerprint density at radius 3 is 2.24 bits per heavy atom. The number of amides is 2. The molecule has 0 aliphatic carbocycles. The molecule has 0 fully saturated rings. The van der Waals surface area contributed by atoms with Gasteiger partial charge >= 0.3 is 6.36 Å². The third kappa shape index (κ3) is 6.62. The number of nitrogens with one attached hydrogen (secondary N) is 2. The lowest BCUT2D eigenvalue weighted by Crippen LogP contribution is -2.21. The Morgan fingerprint density at radius 2 is 1.67 bits per heavy atom. The van der Waals surface area contributed by atoms with Crippen LogP contribution in [0.2, 0.25) is 0 Å². The van der Waals surface area contributed by atoms with Gasteiger partial charge in [-0.2, -0.15) is 0 Å². The maximum absolute atomic E-state index is 13.4. The minimum absolute atomic E-state index is 0.106. The Labute approximate surface area is 188 Å². The highest BCUT2D eigenvalue weighted by Gasteiger charge is 2.32. The highest BCUT2D eigenvalue weighted by Crippen LogP contribution is 2.31. The topological polar surface area (TPSA) is 80.3 Å². The lowest BCUT2D eigenvalue weighted by molar-refractivity contribution is -0.274. The van der Waals surface area contributed by atoms with Gasteiger partial charge in [-0.15, -0.1) is 24.8 Å². The second kappa shape index (κ2) is 9.82. The molecule has 0 saturated heterocycles. The molecule has 0 radical (unpaired) electrons. The third-order valence-corrected chi connectivity index (χ3v) is 4.29. The second-order valence-electron chi connectivity index (χ2n) is 6.48. The number of hydrogen-bond donors (Lipinski definition) is 2. The van der Waals surface area contributed by atoms with E-state index >= 15 is 0 Å². The van der Waals surface area contributed by atoms with Crippen LogP contribution >= 0.6 is 11.6 Å². The highest BCUT2D eigenvalue weighted by atomic mass is 35.5. The molecular formula is C21H13ClF5N3O3. The van der Waals surface area contributed by atoms with Crippen molar-refractivity contribution in [3.05, 3.63) is 71.9 Å². The molecule has 0 aliphatic heterocycles. The van der Waals surface area contributed by atoms with Gasteiger partial charge in [0.25, 0.3) is 5.91 Å². The van der Waals surface area contributed by atoms with Crippen molar-refractivity contribution in [1.29, 1.82) is 0 Å². The predicted octanol–water partition coefficient (Wildman–Crippen LogP) is 5.36. The molecule has 3 rings (SSSR count). The number of hydrogen-bond acceptors (Lipinski definition) is 4. The first-order valence-electron chi connectivity index (χ1n) is 9.03. The number of nitrogens with zero attached hydrogens (tertiary/aromatic N) is 1. The van der Waals surface area contributed by atoms with Crippen molar-refractivity contribution >= 4 is 34.8 Å². The quantitative estimate of drug-likeness (QED) is 0.364. The summed E-state index contributed by atoms with van der Waals surface area (Å²) >= 11 is 5.37. The average molecular weight is 486 g/mol. The van der Waals surface area contributed by atoms with Gasteiger partial charge in [0.05, 0.1) is 23.3 Å². The van der Waals surface area contributed by atoms with Gasteiger partial charge < -0.3 is 15.4 Å². The molecule has 0 saturated carbocycles. The molecule has 12 heteroatoms. The average Bonchev–Trinajstić information content (AvgIpc) is 2.73. The lowest BCUT2D eigenvalue weighted by atomic mass is 10.1. The molecular weight excluding hydrogens is 473 g/mol. The molecule has 0 unspecified atom stereocenters. The molecule has 33 heavy (non-hydrogen) atoms. The van der Waals surface area contributed by atoms with Crippen LogP contribution < -0.4 is 15.4 Å². The number of benzene rings is 2. The summed E-state index contributed by atoms with van der Waals surface area (Å²) in [5.74, 6) is -4.37. The molecule has 1 heterocycles. The van der Waals surface area contributed by atoms with E-state index in [1.54, 1.807) is 0 Å². The van der Waals surface area contributed by atoms with Gasteiger partial charge in [-0.3, -0.25) is 14.6 Å². The van der Waals surface area contributed by atoms with E-state index in [-0.39, 0.29) is 22.5 Å². The predicted molar refractivity (Wildman–Crippen MR) is 110 cm³/mol. The van der Waals surface area contributed by atoms with Crippen molar-refractivity contribution in [3.63, 3.8) is 0 Å². The van der Waals surface area contributed by atoms with E-state index in [0.717, 1.165) is 30.3 Å². The van der Waals surface area contributed by atoms with E-state index in [1.165, 1.54) is 18.3 Å². The van der Waals surface area contributed by atoms with Crippen molar-refractivity contribution < 1.29 is 36.3 Å². The number of carbonyl (C=O) groups excluding carboxylic acids is 2. The fourth-order valence-corrected chi connectivity index (χ4v) is 2.78. The minimum Gasteiger partial charge on any atom is -0.404 e. The molecule has 0 aliphatic rings. The van der Waals surface area contributed by atoms with Crippen LogP contribution in [0.5, 0.6) is 5.75 Å². The Bertz CT molecular complexity index is 1170. The van der Waals surface area contributed by atoms with Gasteiger partial charge in [0.15, 0.2) is 5.75 Å². The van der Waals surface area contributed by atoms with Gasteiger partial charge in [0.1, 0.15) is 17.5 Å².